The van der Waals surface area contributed by atoms with E-state index < -0.39 is 11.9 Å². The molecule has 1 aromatic rings. The summed E-state index contributed by atoms with van der Waals surface area (Å²) in [5.74, 6) is -0.111. The van der Waals surface area contributed by atoms with Crippen molar-refractivity contribution in [2.45, 2.75) is 104 Å². The number of carbonyl (C=O) groups is 2. The van der Waals surface area contributed by atoms with Gasteiger partial charge in [0.2, 0.25) is 0 Å². The van der Waals surface area contributed by atoms with E-state index in [4.69, 9.17) is 9.15 Å². The summed E-state index contributed by atoms with van der Waals surface area (Å²) in [5.41, 5.74) is 0. The molecule has 0 saturated carbocycles. The van der Waals surface area contributed by atoms with Crippen molar-refractivity contribution in [1.82, 2.24) is 5.32 Å². The van der Waals surface area contributed by atoms with Crippen LogP contribution in [0.1, 0.15) is 114 Å². The van der Waals surface area contributed by atoms with Crippen LogP contribution in [0.4, 0.5) is 5.88 Å². The molecule has 6 heteroatoms. The van der Waals surface area contributed by atoms with Gasteiger partial charge in [0.1, 0.15) is 6.54 Å². The molecule has 1 heterocycles. The molecule has 0 saturated heterocycles. The molecule has 0 bridgehead atoms. The number of furan rings is 1. The molecule has 1 rings (SSSR count). The molecule has 0 aliphatic heterocycles. The Balaban J connectivity index is 1.94. The van der Waals surface area contributed by atoms with E-state index in [1.165, 1.54) is 83.5 Å². The molecule has 0 aromatic carbocycles. The third-order valence-corrected chi connectivity index (χ3v) is 5.36. The van der Waals surface area contributed by atoms with Crippen LogP contribution in [0.3, 0.4) is 0 Å². The Morgan fingerprint density at radius 1 is 0.806 bits per heavy atom. The fourth-order valence-electron chi connectivity index (χ4n) is 3.54. The number of ether oxygens (including phenoxy) is 1. The Labute approximate surface area is 188 Å². The van der Waals surface area contributed by atoms with Crippen molar-refractivity contribution in [3.05, 3.63) is 17.9 Å². The van der Waals surface area contributed by atoms with E-state index in [0.29, 0.717) is 12.5 Å². The molecule has 178 valence electrons. The summed E-state index contributed by atoms with van der Waals surface area (Å²) in [4.78, 5) is 23.2. The Bertz CT molecular complexity index is 586. The number of amides is 1. The van der Waals surface area contributed by atoms with Crippen molar-refractivity contribution in [3.8, 4) is 0 Å². The lowest BCUT2D eigenvalue weighted by Gasteiger charge is -2.05. The van der Waals surface area contributed by atoms with Gasteiger partial charge in [0, 0.05) is 12.6 Å². The van der Waals surface area contributed by atoms with Crippen LogP contribution in [0.5, 0.6) is 0 Å². The van der Waals surface area contributed by atoms with Crippen molar-refractivity contribution >= 4 is 17.8 Å². The molecule has 6 nitrogen and oxygen atoms in total. The maximum Gasteiger partial charge on any atom is 0.325 e. The van der Waals surface area contributed by atoms with Crippen LogP contribution in [-0.4, -0.2) is 31.6 Å². The Morgan fingerprint density at radius 3 is 1.90 bits per heavy atom. The van der Waals surface area contributed by atoms with E-state index in [1.807, 2.05) is 0 Å². The number of hydrogen-bond acceptors (Lipinski definition) is 5. The highest BCUT2D eigenvalue weighted by atomic mass is 16.5. The lowest BCUT2D eigenvalue weighted by Crippen LogP contribution is -2.30. The fraction of sp³-hybridized carbons (Fsp3) is 0.760. The molecule has 0 spiro atoms. The van der Waals surface area contributed by atoms with Crippen LogP contribution in [0, 0.1) is 0 Å². The molecule has 0 fully saturated rings. The quantitative estimate of drug-likeness (QED) is 0.181. The topological polar surface area (TPSA) is 80.6 Å². The molecule has 1 amide bonds. The average molecular weight is 437 g/mol. The normalized spacial score (nSPS) is 10.8. The maximum atomic E-state index is 11.9. The van der Waals surface area contributed by atoms with Gasteiger partial charge in [-0.05, 0) is 19.4 Å². The second kappa shape index (κ2) is 18.8. The smallest absolute Gasteiger partial charge is 0.325 e. The summed E-state index contributed by atoms with van der Waals surface area (Å²) in [5, 5.41) is 5.69. The number of rotatable bonds is 20. The number of anilines is 1. The zero-order valence-electron chi connectivity index (χ0n) is 19.8. The Hall–Kier alpha value is -1.98. The van der Waals surface area contributed by atoms with Crippen LogP contribution in [0.2, 0.25) is 0 Å². The standard InChI is InChI=1S/C25H44N2O4/c1-3-5-6-7-8-9-10-11-12-13-14-15-16-17-20-26-23-19-18-22(31-23)25(29)27-21-24(28)30-4-2/h18-19,26H,3-17,20-21H2,1-2H3,(H,27,29). The number of unbranched alkanes of at least 4 members (excludes halogenated alkanes) is 13. The van der Waals surface area contributed by atoms with Gasteiger partial charge in [0.05, 0.1) is 6.61 Å². The molecule has 0 aliphatic carbocycles. The highest BCUT2D eigenvalue weighted by Gasteiger charge is 2.12. The molecular weight excluding hydrogens is 392 g/mol. The highest BCUT2D eigenvalue weighted by molar-refractivity contribution is 5.93. The summed E-state index contributed by atoms with van der Waals surface area (Å²) in [6, 6.07) is 3.34. The second-order valence-electron chi connectivity index (χ2n) is 8.17. The van der Waals surface area contributed by atoms with Gasteiger partial charge < -0.3 is 19.8 Å². The molecule has 0 aliphatic rings. The maximum absolute atomic E-state index is 11.9. The van der Waals surface area contributed by atoms with Crippen molar-refractivity contribution in [1.29, 1.82) is 0 Å². The summed E-state index contributed by atoms with van der Waals surface area (Å²) in [6.45, 7) is 4.96. The third kappa shape index (κ3) is 14.6. The third-order valence-electron chi connectivity index (χ3n) is 5.36. The number of carbonyl (C=O) groups excluding carboxylic acids is 2. The van der Waals surface area contributed by atoms with Gasteiger partial charge in [-0.3, -0.25) is 9.59 Å². The van der Waals surface area contributed by atoms with Gasteiger partial charge >= 0.3 is 5.97 Å². The van der Waals surface area contributed by atoms with Gasteiger partial charge in [-0.2, -0.15) is 0 Å². The molecule has 0 radical (unpaired) electrons. The lowest BCUT2D eigenvalue weighted by atomic mass is 10.0. The van der Waals surface area contributed by atoms with Crippen molar-refractivity contribution < 1.29 is 18.7 Å². The van der Waals surface area contributed by atoms with Crippen LogP contribution < -0.4 is 10.6 Å². The lowest BCUT2D eigenvalue weighted by molar-refractivity contribution is -0.141. The van der Waals surface area contributed by atoms with Crippen LogP contribution in [0.25, 0.3) is 0 Å². The molecular formula is C25H44N2O4. The van der Waals surface area contributed by atoms with E-state index in [-0.39, 0.29) is 12.3 Å². The van der Waals surface area contributed by atoms with Crippen LogP contribution >= 0.6 is 0 Å². The van der Waals surface area contributed by atoms with Crippen LogP contribution in [-0.2, 0) is 9.53 Å². The first-order valence-electron chi connectivity index (χ1n) is 12.4. The molecule has 2 N–H and O–H groups in total. The first-order valence-corrected chi connectivity index (χ1v) is 12.4. The average Bonchev–Trinajstić information content (AvgIpc) is 3.24. The second-order valence-corrected chi connectivity index (χ2v) is 8.17. The summed E-state index contributed by atoms with van der Waals surface area (Å²) >= 11 is 0. The molecule has 0 unspecified atom stereocenters. The largest absolute Gasteiger partial charge is 0.465 e. The first kappa shape index (κ1) is 27.1. The monoisotopic (exact) mass is 436 g/mol. The zero-order valence-corrected chi connectivity index (χ0v) is 19.8. The highest BCUT2D eigenvalue weighted by Crippen LogP contribution is 2.15. The summed E-state index contributed by atoms with van der Waals surface area (Å²) in [6.07, 6.45) is 18.8. The minimum absolute atomic E-state index is 0.158. The molecule has 31 heavy (non-hydrogen) atoms. The van der Waals surface area contributed by atoms with Crippen molar-refractivity contribution in [2.24, 2.45) is 0 Å². The molecule has 1 aromatic heterocycles. The fourth-order valence-corrected chi connectivity index (χ4v) is 3.54. The van der Waals surface area contributed by atoms with Gasteiger partial charge in [-0.15, -0.1) is 0 Å². The predicted molar refractivity (Wildman–Crippen MR) is 126 cm³/mol. The summed E-state index contributed by atoms with van der Waals surface area (Å²) < 4.78 is 10.3. The van der Waals surface area contributed by atoms with Crippen molar-refractivity contribution in [2.75, 3.05) is 25.0 Å². The van der Waals surface area contributed by atoms with E-state index >= 15 is 0 Å². The van der Waals surface area contributed by atoms with Crippen molar-refractivity contribution in [3.63, 3.8) is 0 Å². The van der Waals surface area contributed by atoms with Gasteiger partial charge in [0.25, 0.3) is 5.91 Å². The number of hydrogen-bond donors (Lipinski definition) is 2. The Morgan fingerprint density at radius 2 is 1.35 bits per heavy atom. The van der Waals surface area contributed by atoms with Gasteiger partial charge in [0.15, 0.2) is 11.6 Å². The van der Waals surface area contributed by atoms with E-state index in [9.17, 15) is 9.59 Å². The molecule has 0 atom stereocenters. The number of esters is 1. The zero-order chi connectivity index (χ0) is 22.6. The number of nitrogens with one attached hydrogen (secondary N) is 2. The van der Waals surface area contributed by atoms with Gasteiger partial charge in [-0.25, -0.2) is 0 Å². The van der Waals surface area contributed by atoms with Gasteiger partial charge in [-0.1, -0.05) is 90.4 Å². The Kier molecular flexibility index (Phi) is 16.4. The first-order chi connectivity index (χ1) is 15.2. The van der Waals surface area contributed by atoms with E-state index in [2.05, 4.69) is 17.6 Å². The summed E-state index contributed by atoms with van der Waals surface area (Å²) in [7, 11) is 0. The minimum atomic E-state index is -0.460. The predicted octanol–water partition coefficient (Wildman–Crippen LogP) is 6.47. The van der Waals surface area contributed by atoms with E-state index in [1.54, 1.807) is 19.1 Å². The van der Waals surface area contributed by atoms with E-state index in [0.717, 1.165) is 13.0 Å². The minimum Gasteiger partial charge on any atom is -0.465 e. The van der Waals surface area contributed by atoms with Crippen LogP contribution in [0.15, 0.2) is 16.5 Å². The SMILES string of the molecule is CCCCCCCCCCCCCCCCNc1ccc(C(=O)NCC(=O)OCC)o1.